The van der Waals surface area contributed by atoms with E-state index >= 15 is 0 Å². The summed E-state index contributed by atoms with van der Waals surface area (Å²) in [5, 5.41) is 3.62. The molecule has 1 fully saturated rings. The highest BCUT2D eigenvalue weighted by Gasteiger charge is 2.32. The molecule has 0 unspecified atom stereocenters. The van der Waals surface area contributed by atoms with E-state index in [1.165, 1.54) is 18.2 Å². The number of hydrogen-bond donors (Lipinski definition) is 1. The van der Waals surface area contributed by atoms with E-state index in [0.29, 0.717) is 11.6 Å². The molecular weight excluding hydrogens is 532 g/mol. The van der Waals surface area contributed by atoms with Crippen LogP contribution in [-0.2, 0) is 29.0 Å². The summed E-state index contributed by atoms with van der Waals surface area (Å²) >= 11 is 0. The normalized spacial score (nSPS) is 14.1. The molecule has 10 heteroatoms. The van der Waals surface area contributed by atoms with Gasteiger partial charge in [-0.05, 0) is 72.5 Å². The summed E-state index contributed by atoms with van der Waals surface area (Å²) in [6.45, 7) is 1.79. The van der Waals surface area contributed by atoms with Gasteiger partial charge in [-0.15, -0.1) is 0 Å². The van der Waals surface area contributed by atoms with Crippen LogP contribution in [-0.4, -0.2) is 24.6 Å². The summed E-state index contributed by atoms with van der Waals surface area (Å²) in [5.74, 6) is -1.20. The Hall–Kier alpha value is -3.66. The standard InChI is InChI=1S/C29H26F4N2O3S/c1-2-39(37,38)25-10-3-18(4-11-25)17-34-28(36)20-6-12-27-21(13-20)15-24(35(27)23-8-9-23)14-19-5-7-22(16-26(19)30)29(31,32)33/h3-7,10-13,15-16,23H,2,8-9,14,17H2,1H3,(H,34,36). The van der Waals surface area contributed by atoms with E-state index in [9.17, 15) is 30.8 Å². The number of nitrogens with one attached hydrogen (secondary N) is 1. The number of alkyl halides is 3. The highest BCUT2D eigenvalue weighted by Crippen LogP contribution is 2.40. The molecule has 1 aliphatic rings. The lowest BCUT2D eigenvalue weighted by atomic mass is 10.1. The van der Waals surface area contributed by atoms with Gasteiger partial charge in [0.2, 0.25) is 0 Å². The molecule has 1 heterocycles. The molecule has 204 valence electrons. The van der Waals surface area contributed by atoms with Crippen molar-refractivity contribution in [1.82, 2.24) is 9.88 Å². The van der Waals surface area contributed by atoms with Crippen LogP contribution in [0.25, 0.3) is 10.9 Å². The number of halogens is 4. The summed E-state index contributed by atoms with van der Waals surface area (Å²) in [6, 6.07) is 16.3. The van der Waals surface area contributed by atoms with Crippen molar-refractivity contribution >= 4 is 26.6 Å². The molecule has 0 spiro atoms. The number of nitrogens with zero attached hydrogens (tertiary/aromatic N) is 1. The van der Waals surface area contributed by atoms with Crippen LogP contribution >= 0.6 is 0 Å². The van der Waals surface area contributed by atoms with Crippen molar-refractivity contribution in [3.63, 3.8) is 0 Å². The van der Waals surface area contributed by atoms with Crippen molar-refractivity contribution in [3.05, 3.63) is 100 Å². The van der Waals surface area contributed by atoms with Crippen LogP contribution < -0.4 is 5.32 Å². The monoisotopic (exact) mass is 558 g/mol. The summed E-state index contributed by atoms with van der Waals surface area (Å²) in [7, 11) is -3.30. The lowest BCUT2D eigenvalue weighted by molar-refractivity contribution is -0.137. The second kappa shape index (κ2) is 10.1. The number of benzene rings is 3. The Bertz CT molecular complexity index is 1650. The van der Waals surface area contributed by atoms with E-state index in [2.05, 4.69) is 9.88 Å². The van der Waals surface area contributed by atoms with E-state index in [-0.39, 0.29) is 41.1 Å². The van der Waals surface area contributed by atoms with Gasteiger partial charge in [0.1, 0.15) is 5.82 Å². The summed E-state index contributed by atoms with van der Waals surface area (Å²) in [4.78, 5) is 13.1. The van der Waals surface area contributed by atoms with Gasteiger partial charge in [0.05, 0.1) is 16.2 Å². The molecule has 0 bridgehead atoms. The Balaban J connectivity index is 1.35. The van der Waals surface area contributed by atoms with E-state index in [1.54, 1.807) is 31.2 Å². The molecule has 5 nitrogen and oxygen atoms in total. The molecule has 4 aromatic rings. The average Bonchev–Trinajstić information content (AvgIpc) is 3.68. The Morgan fingerprint density at radius 1 is 1.00 bits per heavy atom. The minimum atomic E-state index is -4.61. The number of hydrogen-bond acceptors (Lipinski definition) is 3. The molecule has 3 aromatic carbocycles. The first kappa shape index (κ1) is 26.9. The van der Waals surface area contributed by atoms with Crippen molar-refractivity contribution in [3.8, 4) is 0 Å². The molecule has 0 aliphatic heterocycles. The molecule has 1 N–H and O–H groups in total. The number of carbonyl (C=O) groups is 1. The van der Waals surface area contributed by atoms with Gasteiger partial charge in [0.15, 0.2) is 9.84 Å². The van der Waals surface area contributed by atoms with E-state index in [1.807, 2.05) is 12.1 Å². The van der Waals surface area contributed by atoms with Crippen LogP contribution in [0.15, 0.2) is 71.6 Å². The summed E-state index contributed by atoms with van der Waals surface area (Å²) in [5.41, 5.74) is 1.97. The highest BCUT2D eigenvalue weighted by molar-refractivity contribution is 7.91. The van der Waals surface area contributed by atoms with E-state index in [4.69, 9.17) is 0 Å². The van der Waals surface area contributed by atoms with Crippen molar-refractivity contribution in [2.45, 2.75) is 49.8 Å². The lowest BCUT2D eigenvalue weighted by Crippen LogP contribution is -2.22. The van der Waals surface area contributed by atoms with Crippen molar-refractivity contribution in [2.24, 2.45) is 0 Å². The van der Waals surface area contributed by atoms with Crippen LogP contribution in [0.1, 0.15) is 58.5 Å². The van der Waals surface area contributed by atoms with Crippen molar-refractivity contribution in [1.29, 1.82) is 0 Å². The molecule has 5 rings (SSSR count). The fraction of sp³-hybridized carbons (Fsp3) is 0.276. The smallest absolute Gasteiger partial charge is 0.348 e. The minimum absolute atomic E-state index is 0.00895. The topological polar surface area (TPSA) is 68.2 Å². The second-order valence-corrected chi connectivity index (χ2v) is 12.0. The first-order valence-corrected chi connectivity index (χ1v) is 14.2. The summed E-state index contributed by atoms with van der Waals surface area (Å²) in [6.07, 6.45) is -2.58. The van der Waals surface area contributed by atoms with Crippen LogP contribution in [0.5, 0.6) is 0 Å². The predicted molar refractivity (Wildman–Crippen MR) is 140 cm³/mol. The van der Waals surface area contributed by atoms with Gasteiger partial charge in [-0.3, -0.25) is 4.79 Å². The minimum Gasteiger partial charge on any atom is -0.348 e. The molecule has 0 radical (unpaired) electrons. The van der Waals surface area contributed by atoms with Crippen LogP contribution in [0, 0.1) is 5.82 Å². The third-order valence-corrected chi connectivity index (χ3v) is 8.71. The zero-order valence-electron chi connectivity index (χ0n) is 21.1. The quantitative estimate of drug-likeness (QED) is 0.253. The largest absolute Gasteiger partial charge is 0.416 e. The molecule has 0 saturated heterocycles. The molecule has 1 aromatic heterocycles. The maximum Gasteiger partial charge on any atom is 0.416 e. The zero-order valence-corrected chi connectivity index (χ0v) is 21.9. The van der Waals surface area contributed by atoms with Gasteiger partial charge in [-0.2, -0.15) is 13.2 Å². The Labute approximate surface area is 223 Å². The molecular formula is C29H26F4N2O3S. The van der Waals surface area contributed by atoms with Gasteiger partial charge < -0.3 is 9.88 Å². The Morgan fingerprint density at radius 2 is 1.72 bits per heavy atom. The fourth-order valence-electron chi connectivity index (χ4n) is 4.66. The Morgan fingerprint density at radius 3 is 2.33 bits per heavy atom. The van der Waals surface area contributed by atoms with Crippen LogP contribution in [0.2, 0.25) is 0 Å². The van der Waals surface area contributed by atoms with Gasteiger partial charge >= 0.3 is 6.18 Å². The van der Waals surface area contributed by atoms with Gasteiger partial charge in [-0.25, -0.2) is 12.8 Å². The van der Waals surface area contributed by atoms with E-state index < -0.39 is 27.4 Å². The van der Waals surface area contributed by atoms with E-state index in [0.717, 1.165) is 41.1 Å². The molecule has 39 heavy (non-hydrogen) atoms. The van der Waals surface area contributed by atoms with Gasteiger partial charge in [0.25, 0.3) is 5.91 Å². The number of carbonyl (C=O) groups excluding carboxylic acids is 1. The zero-order chi connectivity index (χ0) is 27.9. The molecule has 0 atom stereocenters. The molecule has 1 aliphatic carbocycles. The van der Waals surface area contributed by atoms with Gasteiger partial charge in [-0.1, -0.05) is 25.1 Å². The number of sulfone groups is 1. The first-order chi connectivity index (χ1) is 18.5. The van der Waals surface area contributed by atoms with Crippen molar-refractivity contribution < 1.29 is 30.8 Å². The maximum absolute atomic E-state index is 14.6. The van der Waals surface area contributed by atoms with Gasteiger partial charge in [0, 0.05) is 41.2 Å². The number of aromatic nitrogens is 1. The number of amides is 1. The maximum atomic E-state index is 14.6. The Kier molecular flexibility index (Phi) is 7.00. The molecule has 1 saturated carbocycles. The van der Waals surface area contributed by atoms with Crippen LogP contribution in [0.3, 0.4) is 0 Å². The average molecular weight is 559 g/mol. The lowest BCUT2D eigenvalue weighted by Gasteiger charge is -2.12. The predicted octanol–water partition coefficient (Wildman–Crippen LogP) is 6.45. The SMILES string of the molecule is CCS(=O)(=O)c1ccc(CNC(=O)c2ccc3c(c2)cc(Cc2ccc(C(F)(F)F)cc2F)n3C2CC2)cc1. The molecule has 1 amide bonds. The highest BCUT2D eigenvalue weighted by atomic mass is 32.2. The van der Waals surface area contributed by atoms with Crippen LogP contribution in [0.4, 0.5) is 17.6 Å². The second-order valence-electron chi connectivity index (χ2n) is 9.72. The fourth-order valence-corrected chi connectivity index (χ4v) is 5.55. The van der Waals surface area contributed by atoms with Crippen molar-refractivity contribution in [2.75, 3.05) is 5.75 Å². The third kappa shape index (κ3) is 5.71. The number of fused-ring (bicyclic) bond motifs is 1. The third-order valence-electron chi connectivity index (χ3n) is 6.96. The summed E-state index contributed by atoms with van der Waals surface area (Å²) < 4.78 is 79.5. The number of rotatable bonds is 8. The first-order valence-electron chi connectivity index (χ1n) is 12.6.